The van der Waals surface area contributed by atoms with E-state index in [1.54, 1.807) is 31.5 Å². The average Bonchev–Trinajstić information content (AvgIpc) is 3.11. The van der Waals surface area contributed by atoms with Crippen molar-refractivity contribution in [1.82, 2.24) is 10.2 Å². The number of H-pyrrole nitrogens is 1. The molecule has 1 heterocycles. The van der Waals surface area contributed by atoms with Gasteiger partial charge in [0.2, 0.25) is 5.91 Å². The number of hydrogen-bond donors (Lipinski definition) is 3. The molecule has 2 aromatic carbocycles. The lowest BCUT2D eigenvalue weighted by molar-refractivity contribution is -0.119. The number of primary amides is 1. The van der Waals surface area contributed by atoms with E-state index in [2.05, 4.69) is 15.5 Å². The molecule has 0 radical (unpaired) electrons. The Bertz CT molecular complexity index is 844. The fourth-order valence-corrected chi connectivity index (χ4v) is 2.38. The van der Waals surface area contributed by atoms with E-state index < -0.39 is 17.6 Å². The van der Waals surface area contributed by atoms with Gasteiger partial charge in [-0.25, -0.2) is 4.39 Å². The number of amides is 1. The standard InChI is InChI=1S/C18H17FN4O/c1-11(18(20)24)13-4-7-16(19)17(8-13)23-15-5-2-12(3-6-15)14-9-21-22-10-14/h2-11,23H,1H3,(H2,20,24)(H,21,22). The molecule has 1 atom stereocenters. The number of benzene rings is 2. The molecule has 3 rings (SSSR count). The first-order valence-electron chi connectivity index (χ1n) is 7.49. The third kappa shape index (κ3) is 3.27. The molecular formula is C18H17FN4O. The minimum atomic E-state index is -0.477. The Hall–Kier alpha value is -3.15. The molecule has 0 spiro atoms. The fraction of sp³-hybridized carbons (Fsp3) is 0.111. The number of nitrogens with one attached hydrogen (secondary N) is 2. The van der Waals surface area contributed by atoms with Crippen LogP contribution in [0.25, 0.3) is 11.1 Å². The van der Waals surface area contributed by atoms with Crippen LogP contribution in [0.15, 0.2) is 54.9 Å². The highest BCUT2D eigenvalue weighted by Crippen LogP contribution is 2.26. The highest BCUT2D eigenvalue weighted by atomic mass is 19.1. The Morgan fingerprint density at radius 3 is 2.58 bits per heavy atom. The molecule has 1 unspecified atom stereocenters. The van der Waals surface area contributed by atoms with Crippen LogP contribution in [0.2, 0.25) is 0 Å². The minimum Gasteiger partial charge on any atom is -0.369 e. The molecule has 0 aliphatic heterocycles. The molecule has 5 nitrogen and oxygen atoms in total. The number of rotatable bonds is 5. The molecule has 0 saturated heterocycles. The first-order valence-corrected chi connectivity index (χ1v) is 7.49. The van der Waals surface area contributed by atoms with E-state index in [4.69, 9.17) is 5.73 Å². The number of carbonyl (C=O) groups excluding carboxylic acids is 1. The summed E-state index contributed by atoms with van der Waals surface area (Å²) >= 11 is 0. The predicted octanol–water partition coefficient (Wildman–Crippen LogP) is 3.55. The van der Waals surface area contributed by atoms with E-state index in [0.717, 1.165) is 16.8 Å². The third-order valence-electron chi connectivity index (χ3n) is 3.91. The van der Waals surface area contributed by atoms with Gasteiger partial charge in [-0.05, 0) is 42.3 Å². The van der Waals surface area contributed by atoms with Crippen LogP contribution in [0.4, 0.5) is 15.8 Å². The number of aromatic amines is 1. The van der Waals surface area contributed by atoms with Gasteiger partial charge in [-0.15, -0.1) is 0 Å². The van der Waals surface area contributed by atoms with E-state index in [1.165, 1.54) is 6.07 Å². The van der Waals surface area contributed by atoms with E-state index in [1.807, 2.05) is 24.3 Å². The van der Waals surface area contributed by atoms with E-state index >= 15 is 0 Å². The van der Waals surface area contributed by atoms with Crippen LogP contribution in [0.5, 0.6) is 0 Å². The van der Waals surface area contributed by atoms with Crippen LogP contribution in [0.3, 0.4) is 0 Å². The van der Waals surface area contributed by atoms with Crippen molar-refractivity contribution in [2.24, 2.45) is 5.73 Å². The second kappa shape index (κ2) is 6.54. The van der Waals surface area contributed by atoms with Crippen LogP contribution >= 0.6 is 0 Å². The zero-order valence-corrected chi connectivity index (χ0v) is 13.1. The minimum absolute atomic E-state index is 0.302. The van der Waals surface area contributed by atoms with Gasteiger partial charge in [0.25, 0.3) is 0 Å². The Kier molecular flexibility index (Phi) is 4.29. The van der Waals surface area contributed by atoms with Crippen molar-refractivity contribution in [2.75, 3.05) is 5.32 Å². The van der Waals surface area contributed by atoms with Crippen molar-refractivity contribution in [3.05, 3.63) is 66.2 Å². The van der Waals surface area contributed by atoms with Gasteiger partial charge in [-0.3, -0.25) is 9.89 Å². The summed E-state index contributed by atoms with van der Waals surface area (Å²) in [6, 6.07) is 12.0. The SMILES string of the molecule is CC(C(N)=O)c1ccc(F)c(Nc2ccc(-c3cn[nH]c3)cc2)c1. The summed E-state index contributed by atoms with van der Waals surface area (Å²) in [6.45, 7) is 1.69. The number of hydrogen-bond acceptors (Lipinski definition) is 3. The van der Waals surface area contributed by atoms with E-state index in [0.29, 0.717) is 11.3 Å². The monoisotopic (exact) mass is 324 g/mol. The van der Waals surface area contributed by atoms with Crippen molar-refractivity contribution in [2.45, 2.75) is 12.8 Å². The zero-order valence-electron chi connectivity index (χ0n) is 13.1. The summed E-state index contributed by atoms with van der Waals surface area (Å²) in [6.07, 6.45) is 3.54. The maximum Gasteiger partial charge on any atom is 0.224 e. The highest BCUT2D eigenvalue weighted by Gasteiger charge is 2.14. The van der Waals surface area contributed by atoms with Crippen molar-refractivity contribution in [3.8, 4) is 11.1 Å². The predicted molar refractivity (Wildman–Crippen MR) is 91.3 cm³/mol. The number of carbonyl (C=O) groups is 1. The maximum atomic E-state index is 14.0. The molecule has 1 aromatic heterocycles. The molecule has 3 aromatic rings. The topological polar surface area (TPSA) is 83.8 Å². The second-order valence-electron chi connectivity index (χ2n) is 5.55. The molecule has 0 aliphatic rings. The zero-order chi connectivity index (χ0) is 17.1. The van der Waals surface area contributed by atoms with Gasteiger partial charge in [0, 0.05) is 17.4 Å². The van der Waals surface area contributed by atoms with Crippen LogP contribution < -0.4 is 11.1 Å². The number of anilines is 2. The van der Waals surface area contributed by atoms with Gasteiger partial charge >= 0.3 is 0 Å². The molecule has 0 bridgehead atoms. The van der Waals surface area contributed by atoms with Crippen molar-refractivity contribution < 1.29 is 9.18 Å². The Morgan fingerprint density at radius 2 is 1.96 bits per heavy atom. The Labute approximate surface area is 138 Å². The largest absolute Gasteiger partial charge is 0.369 e. The lowest BCUT2D eigenvalue weighted by Gasteiger charge is -2.13. The highest BCUT2D eigenvalue weighted by molar-refractivity contribution is 5.82. The molecule has 24 heavy (non-hydrogen) atoms. The smallest absolute Gasteiger partial charge is 0.224 e. The summed E-state index contributed by atoms with van der Waals surface area (Å²) < 4.78 is 14.0. The van der Waals surface area contributed by atoms with Gasteiger partial charge in [0.15, 0.2) is 0 Å². The summed E-state index contributed by atoms with van der Waals surface area (Å²) in [7, 11) is 0. The average molecular weight is 324 g/mol. The molecule has 6 heteroatoms. The van der Waals surface area contributed by atoms with Gasteiger partial charge in [-0.1, -0.05) is 18.2 Å². The molecule has 122 valence electrons. The van der Waals surface area contributed by atoms with Crippen molar-refractivity contribution in [1.29, 1.82) is 0 Å². The fourth-order valence-electron chi connectivity index (χ4n) is 2.38. The normalized spacial score (nSPS) is 11.9. The molecule has 0 saturated carbocycles. The third-order valence-corrected chi connectivity index (χ3v) is 3.91. The first kappa shape index (κ1) is 15.7. The van der Waals surface area contributed by atoms with Gasteiger partial charge < -0.3 is 11.1 Å². The molecule has 4 N–H and O–H groups in total. The number of nitrogens with two attached hydrogens (primary N) is 1. The van der Waals surface area contributed by atoms with Crippen LogP contribution in [-0.4, -0.2) is 16.1 Å². The molecule has 0 fully saturated rings. The Balaban J connectivity index is 1.83. The van der Waals surface area contributed by atoms with Gasteiger partial charge in [-0.2, -0.15) is 5.10 Å². The molecular weight excluding hydrogens is 307 g/mol. The van der Waals surface area contributed by atoms with E-state index in [9.17, 15) is 9.18 Å². The summed E-state index contributed by atoms with van der Waals surface area (Å²) in [4.78, 5) is 11.3. The second-order valence-corrected chi connectivity index (χ2v) is 5.55. The van der Waals surface area contributed by atoms with Crippen LogP contribution in [0, 0.1) is 5.82 Å². The van der Waals surface area contributed by atoms with Gasteiger partial charge in [0.05, 0.1) is 17.8 Å². The molecule has 0 aliphatic carbocycles. The summed E-state index contributed by atoms with van der Waals surface area (Å²) in [5.74, 6) is -1.32. The van der Waals surface area contributed by atoms with Gasteiger partial charge in [0.1, 0.15) is 5.82 Å². The first-order chi connectivity index (χ1) is 11.5. The molecule has 1 amide bonds. The lowest BCUT2D eigenvalue weighted by atomic mass is 10.00. The summed E-state index contributed by atoms with van der Waals surface area (Å²) in [5, 5.41) is 9.70. The van der Waals surface area contributed by atoms with Crippen LogP contribution in [-0.2, 0) is 4.79 Å². The summed E-state index contributed by atoms with van der Waals surface area (Å²) in [5.41, 5.74) is 9.00. The number of aromatic nitrogens is 2. The maximum absolute atomic E-state index is 14.0. The van der Waals surface area contributed by atoms with E-state index in [-0.39, 0.29) is 0 Å². The lowest BCUT2D eigenvalue weighted by Crippen LogP contribution is -2.18. The van der Waals surface area contributed by atoms with Crippen LogP contribution in [0.1, 0.15) is 18.4 Å². The number of nitrogens with zero attached hydrogens (tertiary/aromatic N) is 1. The Morgan fingerprint density at radius 1 is 1.21 bits per heavy atom. The van der Waals surface area contributed by atoms with Crippen molar-refractivity contribution in [3.63, 3.8) is 0 Å². The number of halogens is 1. The van der Waals surface area contributed by atoms with Crippen molar-refractivity contribution >= 4 is 17.3 Å². The quantitative estimate of drug-likeness (QED) is 0.671.